The van der Waals surface area contributed by atoms with Crippen LogP contribution < -0.4 is 10.6 Å². The lowest BCUT2D eigenvalue weighted by atomic mass is 10.2. The van der Waals surface area contributed by atoms with Crippen LogP contribution in [0.15, 0.2) is 18.2 Å². The number of hydrogen-bond donors (Lipinski definition) is 2. The van der Waals surface area contributed by atoms with E-state index in [2.05, 4.69) is 15.5 Å². The van der Waals surface area contributed by atoms with Gasteiger partial charge in [0.25, 0.3) is 5.69 Å². The smallest absolute Gasteiger partial charge is 0.271 e. The van der Waals surface area contributed by atoms with Crippen LogP contribution in [0.3, 0.4) is 0 Å². The molecular weight excluding hydrogens is 256 g/mol. The monoisotopic (exact) mass is 278 g/mol. The summed E-state index contributed by atoms with van der Waals surface area (Å²) in [6.07, 6.45) is 1.04. The van der Waals surface area contributed by atoms with Crippen molar-refractivity contribution >= 4 is 11.4 Å². The van der Waals surface area contributed by atoms with Gasteiger partial charge >= 0.3 is 0 Å². The lowest BCUT2D eigenvalue weighted by Crippen LogP contribution is -2.44. The van der Waals surface area contributed by atoms with E-state index in [1.807, 2.05) is 13.0 Å². The molecule has 1 aromatic rings. The lowest BCUT2D eigenvalue weighted by Gasteiger charge is -2.27. The van der Waals surface area contributed by atoms with Crippen molar-refractivity contribution in [2.45, 2.75) is 13.3 Å². The van der Waals surface area contributed by atoms with Crippen molar-refractivity contribution in [2.24, 2.45) is 0 Å². The molecule has 2 rings (SSSR count). The van der Waals surface area contributed by atoms with Crippen LogP contribution in [0.5, 0.6) is 0 Å². The third-order valence-electron chi connectivity index (χ3n) is 3.46. The Morgan fingerprint density at radius 1 is 1.35 bits per heavy atom. The van der Waals surface area contributed by atoms with Crippen LogP contribution in [-0.4, -0.2) is 49.1 Å². The minimum Gasteiger partial charge on any atom is -0.385 e. The molecular formula is C14H22N4O2. The van der Waals surface area contributed by atoms with E-state index >= 15 is 0 Å². The highest BCUT2D eigenvalue weighted by molar-refractivity contribution is 5.53. The zero-order valence-electron chi connectivity index (χ0n) is 11.9. The summed E-state index contributed by atoms with van der Waals surface area (Å²) in [7, 11) is 0. The van der Waals surface area contributed by atoms with Crippen LogP contribution in [0, 0.1) is 17.0 Å². The third kappa shape index (κ3) is 4.47. The second kappa shape index (κ2) is 7.21. The number of nitro benzene ring substituents is 1. The van der Waals surface area contributed by atoms with E-state index in [0.717, 1.165) is 56.9 Å². The minimum atomic E-state index is -0.348. The van der Waals surface area contributed by atoms with E-state index in [9.17, 15) is 10.1 Å². The predicted octanol–water partition coefficient (Wildman–Crippen LogP) is 1.61. The fourth-order valence-electron chi connectivity index (χ4n) is 2.44. The van der Waals surface area contributed by atoms with Crippen LogP contribution >= 0.6 is 0 Å². The van der Waals surface area contributed by atoms with Gasteiger partial charge in [0.15, 0.2) is 0 Å². The highest BCUT2D eigenvalue weighted by atomic mass is 16.6. The Bertz CT molecular complexity index is 458. The second-order valence-electron chi connectivity index (χ2n) is 5.19. The van der Waals surface area contributed by atoms with Crippen molar-refractivity contribution in [3.05, 3.63) is 33.9 Å². The van der Waals surface area contributed by atoms with Gasteiger partial charge in [0.2, 0.25) is 0 Å². The molecule has 6 heteroatoms. The standard InChI is InChI=1S/C14H22N4O2/c1-12-9-13(11-14(10-12)18(19)20)16-3-2-6-17-7-4-15-5-8-17/h9-11,15-16H,2-8H2,1H3. The average molecular weight is 278 g/mol. The Morgan fingerprint density at radius 3 is 2.80 bits per heavy atom. The molecule has 1 aliphatic heterocycles. The summed E-state index contributed by atoms with van der Waals surface area (Å²) in [5.74, 6) is 0. The fourth-order valence-corrected chi connectivity index (χ4v) is 2.44. The highest BCUT2D eigenvalue weighted by Gasteiger charge is 2.09. The maximum atomic E-state index is 10.8. The largest absolute Gasteiger partial charge is 0.385 e. The van der Waals surface area contributed by atoms with Gasteiger partial charge in [-0.3, -0.25) is 10.1 Å². The first-order valence-electron chi connectivity index (χ1n) is 7.08. The van der Waals surface area contributed by atoms with E-state index in [4.69, 9.17) is 0 Å². The summed E-state index contributed by atoms with van der Waals surface area (Å²) < 4.78 is 0. The molecule has 110 valence electrons. The number of nitro groups is 1. The fraction of sp³-hybridized carbons (Fsp3) is 0.571. The molecule has 0 saturated carbocycles. The summed E-state index contributed by atoms with van der Waals surface area (Å²) in [5.41, 5.74) is 1.88. The molecule has 6 nitrogen and oxygen atoms in total. The molecule has 1 heterocycles. The number of non-ortho nitro benzene ring substituents is 1. The number of aryl methyl sites for hydroxylation is 1. The van der Waals surface area contributed by atoms with E-state index in [0.29, 0.717) is 0 Å². The number of nitrogens with one attached hydrogen (secondary N) is 2. The number of piperazine rings is 1. The molecule has 1 fully saturated rings. The third-order valence-corrected chi connectivity index (χ3v) is 3.46. The van der Waals surface area contributed by atoms with Crippen molar-refractivity contribution in [1.29, 1.82) is 0 Å². The number of benzene rings is 1. The predicted molar refractivity (Wildman–Crippen MR) is 80.2 cm³/mol. The summed E-state index contributed by atoms with van der Waals surface area (Å²) in [6.45, 7) is 8.13. The van der Waals surface area contributed by atoms with Gasteiger partial charge in [-0.25, -0.2) is 0 Å². The quantitative estimate of drug-likeness (QED) is 0.470. The van der Waals surface area contributed by atoms with E-state index in [1.165, 1.54) is 0 Å². The van der Waals surface area contributed by atoms with Crippen molar-refractivity contribution in [3.8, 4) is 0 Å². The van der Waals surface area contributed by atoms with Crippen LogP contribution in [0.4, 0.5) is 11.4 Å². The van der Waals surface area contributed by atoms with Gasteiger partial charge in [0.05, 0.1) is 4.92 Å². The topological polar surface area (TPSA) is 70.4 Å². The molecule has 0 unspecified atom stereocenters. The maximum absolute atomic E-state index is 10.8. The Balaban J connectivity index is 1.77. The summed E-state index contributed by atoms with van der Waals surface area (Å²) in [4.78, 5) is 12.9. The van der Waals surface area contributed by atoms with Gasteiger partial charge in [-0.2, -0.15) is 0 Å². The van der Waals surface area contributed by atoms with Gasteiger partial charge in [-0.15, -0.1) is 0 Å². The second-order valence-corrected chi connectivity index (χ2v) is 5.19. The van der Waals surface area contributed by atoms with Gasteiger partial charge in [0, 0.05) is 50.5 Å². The van der Waals surface area contributed by atoms with E-state index in [-0.39, 0.29) is 10.6 Å². The van der Waals surface area contributed by atoms with Gasteiger partial charge in [0.1, 0.15) is 0 Å². The van der Waals surface area contributed by atoms with E-state index in [1.54, 1.807) is 12.1 Å². The Hall–Kier alpha value is -1.66. The zero-order chi connectivity index (χ0) is 14.4. The average Bonchev–Trinajstić information content (AvgIpc) is 2.44. The highest BCUT2D eigenvalue weighted by Crippen LogP contribution is 2.20. The van der Waals surface area contributed by atoms with Crippen LogP contribution in [0.25, 0.3) is 0 Å². The first-order chi connectivity index (χ1) is 9.65. The van der Waals surface area contributed by atoms with Crippen LogP contribution in [-0.2, 0) is 0 Å². The van der Waals surface area contributed by atoms with Gasteiger partial charge in [-0.1, -0.05) is 0 Å². The molecule has 0 bridgehead atoms. The Kier molecular flexibility index (Phi) is 5.31. The minimum absolute atomic E-state index is 0.148. The number of anilines is 1. The van der Waals surface area contributed by atoms with Crippen molar-refractivity contribution in [3.63, 3.8) is 0 Å². The molecule has 1 aliphatic rings. The molecule has 2 N–H and O–H groups in total. The number of nitrogens with zero attached hydrogens (tertiary/aromatic N) is 2. The SMILES string of the molecule is Cc1cc(NCCCN2CCNCC2)cc([N+](=O)[O-])c1. The first-order valence-corrected chi connectivity index (χ1v) is 7.08. The molecule has 0 spiro atoms. The molecule has 1 saturated heterocycles. The lowest BCUT2D eigenvalue weighted by molar-refractivity contribution is -0.384. The number of rotatable bonds is 6. The molecule has 1 aromatic carbocycles. The number of hydrogen-bond acceptors (Lipinski definition) is 5. The maximum Gasteiger partial charge on any atom is 0.271 e. The molecule has 0 atom stereocenters. The van der Waals surface area contributed by atoms with Gasteiger partial charge in [-0.05, 0) is 31.5 Å². The first kappa shape index (κ1) is 14.7. The molecule has 0 aromatic heterocycles. The van der Waals surface area contributed by atoms with Gasteiger partial charge < -0.3 is 15.5 Å². The van der Waals surface area contributed by atoms with E-state index < -0.39 is 0 Å². The van der Waals surface area contributed by atoms with Crippen LogP contribution in [0.2, 0.25) is 0 Å². The Labute approximate surface area is 119 Å². The molecule has 0 aliphatic carbocycles. The molecule has 20 heavy (non-hydrogen) atoms. The molecule has 0 amide bonds. The zero-order valence-corrected chi connectivity index (χ0v) is 11.9. The summed E-state index contributed by atoms with van der Waals surface area (Å²) in [5, 5.41) is 17.4. The van der Waals surface area contributed by atoms with Crippen LogP contribution in [0.1, 0.15) is 12.0 Å². The van der Waals surface area contributed by atoms with Crippen molar-refractivity contribution < 1.29 is 4.92 Å². The molecule has 0 radical (unpaired) electrons. The summed E-state index contributed by atoms with van der Waals surface area (Å²) in [6, 6.07) is 5.13. The van der Waals surface area contributed by atoms with Crippen molar-refractivity contribution in [1.82, 2.24) is 10.2 Å². The normalized spacial score (nSPS) is 16.1. The van der Waals surface area contributed by atoms with Crippen molar-refractivity contribution in [2.75, 3.05) is 44.6 Å². The Morgan fingerprint density at radius 2 is 2.10 bits per heavy atom. The summed E-state index contributed by atoms with van der Waals surface area (Å²) >= 11 is 0.